The lowest BCUT2D eigenvalue weighted by molar-refractivity contribution is -0.117. The van der Waals surface area contributed by atoms with Crippen molar-refractivity contribution in [1.82, 2.24) is 15.6 Å². The van der Waals surface area contributed by atoms with E-state index in [2.05, 4.69) is 15.6 Å². The number of aliphatic hydroxyl groups is 1. The highest BCUT2D eigenvalue weighted by molar-refractivity contribution is 6.05. The lowest BCUT2D eigenvalue weighted by Crippen LogP contribution is -2.36. The molecule has 0 fully saturated rings. The van der Waals surface area contributed by atoms with Crippen LogP contribution in [0.15, 0.2) is 48.3 Å². The summed E-state index contributed by atoms with van der Waals surface area (Å²) in [5, 5.41) is 14.2. The average molecular weight is 442 g/mol. The minimum absolute atomic E-state index is 0.0427. The fourth-order valence-electron chi connectivity index (χ4n) is 2.55. The van der Waals surface area contributed by atoms with E-state index in [0.717, 1.165) is 0 Å². The fourth-order valence-corrected chi connectivity index (χ4v) is 2.55. The smallest absolute Gasteiger partial charge is 0.267 e. The van der Waals surface area contributed by atoms with Gasteiger partial charge in [0.25, 0.3) is 11.8 Å². The van der Waals surface area contributed by atoms with E-state index < -0.39 is 11.8 Å². The number of pyridine rings is 1. The van der Waals surface area contributed by atoms with Crippen LogP contribution in [0.4, 0.5) is 0 Å². The Hall–Kier alpha value is -3.39. The van der Waals surface area contributed by atoms with Crippen LogP contribution in [-0.2, 0) is 4.79 Å². The number of nitrogens with zero attached hydrogens (tertiary/aromatic N) is 1. The summed E-state index contributed by atoms with van der Waals surface area (Å²) in [7, 11) is 0. The highest BCUT2D eigenvalue weighted by Gasteiger charge is 2.15. The van der Waals surface area contributed by atoms with Crippen molar-refractivity contribution in [3.63, 3.8) is 0 Å². The van der Waals surface area contributed by atoms with Gasteiger partial charge in [0.2, 0.25) is 5.88 Å². The first-order valence-electron chi connectivity index (χ1n) is 10.6. The zero-order valence-corrected chi connectivity index (χ0v) is 18.9. The van der Waals surface area contributed by atoms with Gasteiger partial charge < -0.3 is 25.2 Å². The number of hydrogen-bond donors (Lipinski definition) is 3. The summed E-state index contributed by atoms with van der Waals surface area (Å²) in [5.41, 5.74) is 1.02. The summed E-state index contributed by atoms with van der Waals surface area (Å²) < 4.78 is 11.1. The number of carbonyl (C=O) groups excluding carboxylic acids is 2. The zero-order chi connectivity index (χ0) is 23.5. The first-order chi connectivity index (χ1) is 15.3. The Morgan fingerprint density at radius 1 is 1.09 bits per heavy atom. The van der Waals surface area contributed by atoms with E-state index in [1.165, 1.54) is 6.20 Å². The summed E-state index contributed by atoms with van der Waals surface area (Å²) in [6.07, 6.45) is 3.00. The molecule has 2 aromatic rings. The minimum atomic E-state index is -0.514. The van der Waals surface area contributed by atoms with Crippen LogP contribution in [0.1, 0.15) is 43.6 Å². The lowest BCUT2D eigenvalue weighted by Gasteiger charge is -2.12. The fraction of sp³-hybridized carbons (Fsp3) is 0.375. The predicted molar refractivity (Wildman–Crippen MR) is 122 cm³/mol. The van der Waals surface area contributed by atoms with Crippen molar-refractivity contribution in [3.05, 3.63) is 59.4 Å². The molecule has 0 aliphatic heterocycles. The first kappa shape index (κ1) is 24.9. The topological polar surface area (TPSA) is 110 Å². The van der Waals surface area contributed by atoms with Crippen LogP contribution in [0.3, 0.4) is 0 Å². The Morgan fingerprint density at radius 2 is 1.81 bits per heavy atom. The SMILES string of the molecule is CC(C)COc1ccc(C(=O)N/C(=C\c2ccc(OC(C)C)cc2)C(=O)NCCO)cn1. The van der Waals surface area contributed by atoms with Crippen LogP contribution in [0.25, 0.3) is 6.08 Å². The van der Waals surface area contributed by atoms with Crippen LogP contribution in [0, 0.1) is 5.92 Å². The molecule has 0 aliphatic rings. The van der Waals surface area contributed by atoms with E-state index in [1.54, 1.807) is 42.5 Å². The molecule has 32 heavy (non-hydrogen) atoms. The van der Waals surface area contributed by atoms with Gasteiger partial charge in [-0.1, -0.05) is 26.0 Å². The maximum Gasteiger partial charge on any atom is 0.267 e. The van der Waals surface area contributed by atoms with Gasteiger partial charge in [0.05, 0.1) is 24.9 Å². The number of aromatic nitrogens is 1. The standard InChI is InChI=1S/C24H31N3O5/c1-16(2)15-31-22-10-7-19(14-26-22)23(29)27-21(24(30)25-11-12-28)13-18-5-8-20(9-6-18)32-17(3)4/h5-10,13-14,16-17,28H,11-12,15H2,1-4H3,(H,25,30)(H,27,29)/b21-13-. The molecular formula is C24H31N3O5. The second-order valence-corrected chi connectivity index (χ2v) is 7.82. The molecular weight excluding hydrogens is 410 g/mol. The molecule has 2 amide bonds. The molecule has 1 heterocycles. The van der Waals surface area contributed by atoms with E-state index in [0.29, 0.717) is 29.7 Å². The summed E-state index contributed by atoms with van der Waals surface area (Å²) in [6, 6.07) is 10.3. The maximum atomic E-state index is 12.7. The highest BCUT2D eigenvalue weighted by atomic mass is 16.5. The molecule has 0 bridgehead atoms. The van der Waals surface area contributed by atoms with Gasteiger partial charge in [-0.2, -0.15) is 0 Å². The van der Waals surface area contributed by atoms with E-state index >= 15 is 0 Å². The van der Waals surface area contributed by atoms with Crippen LogP contribution in [0.5, 0.6) is 11.6 Å². The monoisotopic (exact) mass is 441 g/mol. The van der Waals surface area contributed by atoms with Crippen LogP contribution < -0.4 is 20.1 Å². The largest absolute Gasteiger partial charge is 0.491 e. The number of amides is 2. The van der Waals surface area contributed by atoms with Gasteiger partial charge >= 0.3 is 0 Å². The van der Waals surface area contributed by atoms with E-state index in [9.17, 15) is 9.59 Å². The molecule has 0 radical (unpaired) electrons. The van der Waals surface area contributed by atoms with Gasteiger partial charge in [-0.15, -0.1) is 0 Å². The number of aliphatic hydroxyl groups excluding tert-OH is 1. The van der Waals surface area contributed by atoms with Crippen LogP contribution in [0.2, 0.25) is 0 Å². The maximum absolute atomic E-state index is 12.7. The van der Waals surface area contributed by atoms with Crippen molar-refractivity contribution >= 4 is 17.9 Å². The first-order valence-corrected chi connectivity index (χ1v) is 10.6. The summed E-state index contributed by atoms with van der Waals surface area (Å²) in [6.45, 7) is 8.31. The van der Waals surface area contributed by atoms with Crippen LogP contribution >= 0.6 is 0 Å². The molecule has 0 atom stereocenters. The van der Waals surface area contributed by atoms with E-state index in [1.807, 2.05) is 27.7 Å². The number of ether oxygens (including phenoxy) is 2. The van der Waals surface area contributed by atoms with Crippen molar-refractivity contribution in [2.45, 2.75) is 33.8 Å². The highest BCUT2D eigenvalue weighted by Crippen LogP contribution is 2.16. The van der Waals surface area contributed by atoms with Gasteiger partial charge in [-0.25, -0.2) is 4.98 Å². The molecule has 3 N–H and O–H groups in total. The molecule has 8 nitrogen and oxygen atoms in total. The molecule has 2 rings (SSSR count). The molecule has 0 unspecified atom stereocenters. The number of hydrogen-bond acceptors (Lipinski definition) is 6. The van der Waals surface area contributed by atoms with Crippen molar-refractivity contribution in [1.29, 1.82) is 0 Å². The second-order valence-electron chi connectivity index (χ2n) is 7.82. The van der Waals surface area contributed by atoms with Crippen molar-refractivity contribution in [2.24, 2.45) is 5.92 Å². The molecule has 1 aromatic carbocycles. The number of nitrogens with one attached hydrogen (secondary N) is 2. The normalized spacial score (nSPS) is 11.4. The molecule has 1 aromatic heterocycles. The molecule has 8 heteroatoms. The Morgan fingerprint density at radius 3 is 2.38 bits per heavy atom. The van der Waals surface area contributed by atoms with Crippen molar-refractivity contribution in [3.8, 4) is 11.6 Å². The Kier molecular flexibility index (Phi) is 9.69. The van der Waals surface area contributed by atoms with Gasteiger partial charge in [0, 0.05) is 18.8 Å². The van der Waals surface area contributed by atoms with E-state index in [-0.39, 0.29) is 30.5 Å². The van der Waals surface area contributed by atoms with Gasteiger partial charge in [0.15, 0.2) is 0 Å². The second kappa shape index (κ2) is 12.5. The number of benzene rings is 1. The Labute approximate surface area is 188 Å². The van der Waals surface area contributed by atoms with Crippen LogP contribution in [-0.4, -0.2) is 47.8 Å². The third kappa shape index (κ3) is 8.39. The predicted octanol–water partition coefficient (Wildman–Crippen LogP) is 2.78. The quantitative estimate of drug-likeness (QED) is 0.463. The third-order valence-corrected chi connectivity index (χ3v) is 4.02. The summed E-state index contributed by atoms with van der Waals surface area (Å²) in [5.74, 6) is 0.488. The molecule has 0 saturated heterocycles. The lowest BCUT2D eigenvalue weighted by atomic mass is 10.1. The number of carbonyl (C=O) groups is 2. The molecule has 172 valence electrons. The zero-order valence-electron chi connectivity index (χ0n) is 18.9. The van der Waals surface area contributed by atoms with Gasteiger partial charge in [-0.05, 0) is 49.6 Å². The number of rotatable bonds is 11. The Bertz CT molecular complexity index is 906. The van der Waals surface area contributed by atoms with E-state index in [4.69, 9.17) is 14.6 Å². The van der Waals surface area contributed by atoms with Gasteiger partial charge in [-0.3, -0.25) is 9.59 Å². The summed E-state index contributed by atoms with van der Waals surface area (Å²) in [4.78, 5) is 29.4. The summed E-state index contributed by atoms with van der Waals surface area (Å²) >= 11 is 0. The van der Waals surface area contributed by atoms with Crippen molar-refractivity contribution in [2.75, 3.05) is 19.8 Å². The molecule has 0 saturated carbocycles. The molecule has 0 spiro atoms. The van der Waals surface area contributed by atoms with Gasteiger partial charge in [0.1, 0.15) is 11.4 Å². The van der Waals surface area contributed by atoms with Crippen molar-refractivity contribution < 1.29 is 24.2 Å². The Balaban J connectivity index is 2.16. The molecule has 0 aliphatic carbocycles. The third-order valence-electron chi connectivity index (χ3n) is 4.02. The minimum Gasteiger partial charge on any atom is -0.491 e. The average Bonchev–Trinajstić information content (AvgIpc) is 2.76.